The van der Waals surface area contributed by atoms with Crippen molar-refractivity contribution in [2.75, 3.05) is 32.1 Å². The van der Waals surface area contributed by atoms with Crippen molar-refractivity contribution in [2.24, 2.45) is 0 Å². The monoisotopic (exact) mass is 486 g/mol. The number of hydrogen-bond acceptors (Lipinski definition) is 5. The summed E-state index contributed by atoms with van der Waals surface area (Å²) in [5.74, 6) is 0.518. The minimum atomic E-state index is -3.82. The lowest BCUT2D eigenvalue weighted by molar-refractivity contribution is 0.0730. The maximum atomic E-state index is 13.0. The number of halogens is 2. The zero-order chi connectivity index (χ0) is 21.3. The van der Waals surface area contributed by atoms with E-state index in [0.29, 0.717) is 18.2 Å². The first-order valence-electron chi connectivity index (χ1n) is 9.47. The Kier molecular flexibility index (Phi) is 6.62. The number of rotatable bonds is 4. The van der Waals surface area contributed by atoms with Crippen molar-refractivity contribution in [1.29, 1.82) is 0 Å². The summed E-state index contributed by atoms with van der Waals surface area (Å²) >= 11 is 14.1. The third kappa shape index (κ3) is 4.49. The molecular formula is C20H20Cl2N2O4S2. The number of morpholine rings is 1. The topological polar surface area (TPSA) is 75.7 Å². The van der Waals surface area contributed by atoms with Gasteiger partial charge in [-0.15, -0.1) is 11.8 Å². The number of sulfonamides is 1. The van der Waals surface area contributed by atoms with Crippen molar-refractivity contribution in [3.05, 3.63) is 57.6 Å². The van der Waals surface area contributed by atoms with E-state index < -0.39 is 10.0 Å². The van der Waals surface area contributed by atoms with Gasteiger partial charge in [0.2, 0.25) is 10.0 Å². The summed E-state index contributed by atoms with van der Waals surface area (Å²) in [6.45, 7) is 1.18. The van der Waals surface area contributed by atoms with E-state index in [9.17, 15) is 13.2 Å². The molecule has 0 saturated carbocycles. The molecule has 30 heavy (non-hydrogen) atoms. The van der Waals surface area contributed by atoms with E-state index in [0.717, 1.165) is 22.6 Å². The predicted octanol–water partition coefficient (Wildman–Crippen LogP) is 3.98. The average Bonchev–Trinajstić information content (AvgIpc) is 2.75. The van der Waals surface area contributed by atoms with Crippen molar-refractivity contribution in [3.63, 3.8) is 0 Å². The Morgan fingerprint density at radius 1 is 1.13 bits per heavy atom. The van der Waals surface area contributed by atoms with Crippen molar-refractivity contribution < 1.29 is 17.9 Å². The first-order chi connectivity index (χ1) is 14.4. The fourth-order valence-corrected chi connectivity index (χ4v) is 6.72. The highest BCUT2D eigenvalue weighted by molar-refractivity contribution is 7.99. The summed E-state index contributed by atoms with van der Waals surface area (Å²) < 4.78 is 32.6. The molecule has 160 valence electrons. The minimum absolute atomic E-state index is 0.0682. The van der Waals surface area contributed by atoms with Gasteiger partial charge in [0.25, 0.3) is 5.91 Å². The Labute approximate surface area is 189 Å². The van der Waals surface area contributed by atoms with Crippen molar-refractivity contribution in [3.8, 4) is 0 Å². The molecule has 2 aliphatic rings. The Balaban J connectivity index is 1.59. The highest BCUT2D eigenvalue weighted by Crippen LogP contribution is 2.37. The van der Waals surface area contributed by atoms with Gasteiger partial charge in [0.15, 0.2) is 0 Å². The summed E-state index contributed by atoms with van der Waals surface area (Å²) in [6, 6.07) is 9.79. The fourth-order valence-electron chi connectivity index (χ4n) is 3.53. The summed E-state index contributed by atoms with van der Waals surface area (Å²) in [5.41, 5.74) is 1.22. The van der Waals surface area contributed by atoms with Crippen LogP contribution >= 0.6 is 35.0 Å². The summed E-state index contributed by atoms with van der Waals surface area (Å²) in [4.78, 5) is 14.0. The Morgan fingerprint density at radius 2 is 1.90 bits per heavy atom. The second-order valence-electron chi connectivity index (χ2n) is 7.01. The molecule has 1 amide bonds. The number of nitrogens with one attached hydrogen (secondary N) is 1. The Bertz CT molecular complexity index is 1070. The van der Waals surface area contributed by atoms with Crippen LogP contribution in [-0.2, 0) is 14.8 Å². The van der Waals surface area contributed by atoms with Gasteiger partial charge in [-0.3, -0.25) is 4.79 Å². The van der Waals surface area contributed by atoms with Crippen LogP contribution in [0.1, 0.15) is 28.4 Å². The van der Waals surface area contributed by atoms with Gasteiger partial charge in [0.1, 0.15) is 4.90 Å². The van der Waals surface area contributed by atoms with Crippen molar-refractivity contribution >= 4 is 50.9 Å². The Hall–Kier alpha value is -1.29. The van der Waals surface area contributed by atoms with Gasteiger partial charge in [0.05, 0.1) is 24.3 Å². The van der Waals surface area contributed by atoms with Crippen LogP contribution in [0.5, 0.6) is 0 Å². The molecule has 0 unspecified atom stereocenters. The van der Waals surface area contributed by atoms with Gasteiger partial charge in [-0.2, -0.15) is 4.31 Å². The van der Waals surface area contributed by atoms with E-state index in [1.54, 1.807) is 11.8 Å². The van der Waals surface area contributed by atoms with Gasteiger partial charge >= 0.3 is 0 Å². The van der Waals surface area contributed by atoms with Crippen LogP contribution in [0.4, 0.5) is 0 Å². The molecule has 2 heterocycles. The number of fused-ring (bicyclic) bond motifs is 1. The molecule has 2 aliphatic heterocycles. The van der Waals surface area contributed by atoms with Crippen molar-refractivity contribution in [1.82, 2.24) is 9.62 Å². The second kappa shape index (κ2) is 9.06. The molecule has 0 spiro atoms. The highest BCUT2D eigenvalue weighted by atomic mass is 35.5. The number of carbonyl (C=O) groups is 1. The van der Waals surface area contributed by atoms with E-state index in [1.807, 2.05) is 18.2 Å². The Morgan fingerprint density at radius 3 is 2.67 bits per heavy atom. The van der Waals surface area contributed by atoms with E-state index in [2.05, 4.69) is 5.32 Å². The number of thioether (sulfide) groups is 1. The molecule has 1 N–H and O–H groups in total. The maximum Gasteiger partial charge on any atom is 0.251 e. The quantitative estimate of drug-likeness (QED) is 0.706. The molecule has 1 saturated heterocycles. The van der Waals surface area contributed by atoms with Crippen LogP contribution in [-0.4, -0.2) is 50.7 Å². The zero-order valence-corrected chi connectivity index (χ0v) is 19.1. The third-order valence-corrected chi connectivity index (χ3v) is 8.84. The lowest BCUT2D eigenvalue weighted by Gasteiger charge is -2.27. The van der Waals surface area contributed by atoms with Crippen LogP contribution in [0.25, 0.3) is 0 Å². The second-order valence-corrected chi connectivity index (χ2v) is 10.9. The lowest BCUT2D eigenvalue weighted by atomic mass is 10.0. The van der Waals surface area contributed by atoms with Crippen molar-refractivity contribution in [2.45, 2.75) is 22.3 Å². The number of nitrogens with zero attached hydrogens (tertiary/aromatic N) is 1. The molecule has 1 fully saturated rings. The average molecular weight is 487 g/mol. The summed E-state index contributed by atoms with van der Waals surface area (Å²) in [7, 11) is -3.82. The number of carbonyl (C=O) groups excluding carboxylic acids is 1. The van der Waals surface area contributed by atoms with Gasteiger partial charge in [-0.25, -0.2) is 8.42 Å². The van der Waals surface area contributed by atoms with Crippen LogP contribution in [0.15, 0.2) is 46.2 Å². The van der Waals surface area contributed by atoms with Gasteiger partial charge in [-0.05, 0) is 48.4 Å². The molecule has 10 heteroatoms. The molecule has 2 aromatic rings. The molecule has 2 aromatic carbocycles. The number of hydrogen-bond donors (Lipinski definition) is 1. The van der Waals surface area contributed by atoms with Crippen LogP contribution < -0.4 is 5.32 Å². The van der Waals surface area contributed by atoms with E-state index in [4.69, 9.17) is 27.9 Å². The highest BCUT2D eigenvalue weighted by Gasteiger charge is 2.30. The number of ether oxygens (including phenoxy) is 1. The predicted molar refractivity (Wildman–Crippen MR) is 118 cm³/mol. The number of benzene rings is 2. The minimum Gasteiger partial charge on any atom is -0.379 e. The maximum absolute atomic E-state index is 13.0. The molecule has 0 bridgehead atoms. The largest absolute Gasteiger partial charge is 0.379 e. The number of amides is 1. The van der Waals surface area contributed by atoms with E-state index >= 15 is 0 Å². The first kappa shape index (κ1) is 21.9. The summed E-state index contributed by atoms with van der Waals surface area (Å²) in [5, 5.41) is 3.71. The SMILES string of the molecule is O=C(N[C@@H]1CCSc2ccc(Cl)cc21)c1ccc(Cl)c(S(=O)(=O)N2CCOCC2)c1. The first-order valence-corrected chi connectivity index (χ1v) is 12.6. The fraction of sp³-hybridized carbons (Fsp3) is 0.350. The molecule has 0 radical (unpaired) electrons. The van der Waals surface area contributed by atoms with Gasteiger partial charge < -0.3 is 10.1 Å². The van der Waals surface area contributed by atoms with Gasteiger partial charge in [0, 0.05) is 34.3 Å². The normalized spacial score (nSPS) is 19.9. The standard InChI is InChI=1S/C20H20Cl2N2O4S2/c21-14-2-4-18-15(12-14)17(5-10-29-18)23-20(25)13-1-3-16(22)19(11-13)30(26,27)24-6-8-28-9-7-24/h1-4,11-12,17H,5-10H2,(H,23,25)/t17-/m1/s1. The van der Waals surface area contributed by atoms with E-state index in [-0.39, 0.29) is 40.5 Å². The molecule has 4 rings (SSSR count). The van der Waals surface area contributed by atoms with Crippen LogP contribution in [0, 0.1) is 0 Å². The molecule has 6 nitrogen and oxygen atoms in total. The summed E-state index contributed by atoms with van der Waals surface area (Å²) in [6.07, 6.45) is 0.760. The zero-order valence-electron chi connectivity index (χ0n) is 15.9. The third-order valence-electron chi connectivity index (χ3n) is 5.10. The van der Waals surface area contributed by atoms with Gasteiger partial charge in [-0.1, -0.05) is 23.2 Å². The van der Waals surface area contributed by atoms with E-state index in [1.165, 1.54) is 22.5 Å². The van der Waals surface area contributed by atoms with Crippen LogP contribution in [0.2, 0.25) is 10.0 Å². The van der Waals surface area contributed by atoms with Crippen LogP contribution in [0.3, 0.4) is 0 Å². The molecule has 0 aromatic heterocycles. The molecular weight excluding hydrogens is 467 g/mol. The molecule has 0 aliphatic carbocycles. The smallest absolute Gasteiger partial charge is 0.251 e. The molecule has 1 atom stereocenters. The lowest BCUT2D eigenvalue weighted by Crippen LogP contribution is -2.40.